The summed E-state index contributed by atoms with van der Waals surface area (Å²) in [6, 6.07) is 5.73. The van der Waals surface area contributed by atoms with Crippen LogP contribution in [0.15, 0.2) is 24.3 Å². The first kappa shape index (κ1) is 12.3. The van der Waals surface area contributed by atoms with Crippen molar-refractivity contribution in [3.8, 4) is 5.69 Å². The number of carboxylic acids is 1. The standard InChI is InChI=1S/C13H13FN2O2/c1-3-11-12(13(17)18)8(2)15-16(11)10-6-4-9(14)5-7-10/h4-7H,3H2,1-2H3,(H,17,18)/p-1. The molecule has 0 unspecified atom stereocenters. The molecule has 94 valence electrons. The van der Waals surface area contributed by atoms with E-state index < -0.39 is 5.97 Å². The van der Waals surface area contributed by atoms with E-state index in [0.717, 1.165) is 0 Å². The van der Waals surface area contributed by atoms with E-state index in [-0.39, 0.29) is 11.4 Å². The van der Waals surface area contributed by atoms with Crippen molar-refractivity contribution in [3.05, 3.63) is 47.0 Å². The largest absolute Gasteiger partial charge is 0.545 e. The first-order chi connectivity index (χ1) is 8.54. The molecule has 4 nitrogen and oxygen atoms in total. The van der Waals surface area contributed by atoms with Crippen molar-refractivity contribution in [1.82, 2.24) is 9.78 Å². The van der Waals surface area contributed by atoms with Crippen LogP contribution >= 0.6 is 0 Å². The minimum absolute atomic E-state index is 0.113. The van der Waals surface area contributed by atoms with Gasteiger partial charge in [0.05, 0.1) is 23.0 Å². The molecule has 1 heterocycles. The van der Waals surface area contributed by atoms with E-state index in [1.165, 1.54) is 16.8 Å². The lowest BCUT2D eigenvalue weighted by molar-refractivity contribution is -0.255. The summed E-state index contributed by atoms with van der Waals surface area (Å²) in [5.74, 6) is -1.58. The van der Waals surface area contributed by atoms with Gasteiger partial charge in [0.25, 0.3) is 0 Å². The molecule has 0 bridgehead atoms. The van der Waals surface area contributed by atoms with Gasteiger partial charge >= 0.3 is 0 Å². The number of carboxylic acid groups (broad SMARTS) is 1. The molecule has 1 aromatic heterocycles. The molecule has 0 spiro atoms. The van der Waals surface area contributed by atoms with Crippen LogP contribution in [-0.4, -0.2) is 15.7 Å². The van der Waals surface area contributed by atoms with Crippen LogP contribution in [0.1, 0.15) is 28.7 Å². The van der Waals surface area contributed by atoms with E-state index in [1.54, 1.807) is 19.1 Å². The van der Waals surface area contributed by atoms with Crippen LogP contribution in [0.25, 0.3) is 5.69 Å². The number of rotatable bonds is 3. The quantitative estimate of drug-likeness (QED) is 0.820. The second-order valence-corrected chi connectivity index (χ2v) is 3.94. The van der Waals surface area contributed by atoms with E-state index in [4.69, 9.17) is 0 Å². The molecule has 18 heavy (non-hydrogen) atoms. The van der Waals surface area contributed by atoms with Crippen molar-refractivity contribution in [2.45, 2.75) is 20.3 Å². The molecule has 0 saturated heterocycles. The molecule has 0 saturated carbocycles. The number of hydrogen-bond acceptors (Lipinski definition) is 3. The Balaban J connectivity index is 2.61. The summed E-state index contributed by atoms with van der Waals surface area (Å²) in [4.78, 5) is 11.1. The average molecular weight is 247 g/mol. The van der Waals surface area contributed by atoms with Gasteiger partial charge in [0.15, 0.2) is 0 Å². The number of aromatic carboxylic acids is 1. The van der Waals surface area contributed by atoms with Gasteiger partial charge in [0, 0.05) is 5.56 Å². The molecule has 0 fully saturated rings. The molecule has 0 amide bonds. The summed E-state index contributed by atoms with van der Waals surface area (Å²) >= 11 is 0. The molecule has 0 aliphatic heterocycles. The van der Waals surface area contributed by atoms with Crippen LogP contribution in [0.4, 0.5) is 4.39 Å². The number of benzene rings is 1. The summed E-state index contributed by atoms with van der Waals surface area (Å²) in [6.07, 6.45) is 0.502. The lowest BCUT2D eigenvalue weighted by Crippen LogP contribution is -2.24. The van der Waals surface area contributed by atoms with Crippen molar-refractivity contribution in [1.29, 1.82) is 0 Å². The fraction of sp³-hybridized carbons (Fsp3) is 0.231. The number of aromatic nitrogens is 2. The fourth-order valence-corrected chi connectivity index (χ4v) is 1.96. The Labute approximate surface area is 104 Å². The summed E-state index contributed by atoms with van der Waals surface area (Å²) in [6.45, 7) is 3.45. The lowest BCUT2D eigenvalue weighted by Gasteiger charge is -2.08. The predicted octanol–water partition coefficient (Wildman–Crippen LogP) is 1.25. The predicted molar refractivity (Wildman–Crippen MR) is 62.0 cm³/mol. The second-order valence-electron chi connectivity index (χ2n) is 3.94. The number of nitrogens with zero attached hydrogens (tertiary/aromatic N) is 2. The van der Waals surface area contributed by atoms with Crippen LogP contribution in [0.5, 0.6) is 0 Å². The van der Waals surface area contributed by atoms with Gasteiger partial charge in [-0.05, 0) is 37.6 Å². The third-order valence-electron chi connectivity index (χ3n) is 2.77. The normalized spacial score (nSPS) is 10.6. The molecule has 0 radical (unpaired) electrons. The molecule has 0 aliphatic rings. The van der Waals surface area contributed by atoms with Crippen LogP contribution in [0.2, 0.25) is 0 Å². The van der Waals surface area contributed by atoms with Crippen molar-refractivity contribution in [2.24, 2.45) is 0 Å². The SMILES string of the molecule is CCc1c(C(=O)[O-])c(C)nn1-c1ccc(F)cc1. The van der Waals surface area contributed by atoms with E-state index in [9.17, 15) is 14.3 Å². The summed E-state index contributed by atoms with van der Waals surface area (Å²) in [5, 5.41) is 15.3. The Morgan fingerprint density at radius 2 is 2.00 bits per heavy atom. The zero-order valence-electron chi connectivity index (χ0n) is 10.1. The Hall–Kier alpha value is -2.17. The molecular formula is C13H12FN2O2-. The van der Waals surface area contributed by atoms with Gasteiger partial charge in [-0.15, -0.1) is 0 Å². The fourth-order valence-electron chi connectivity index (χ4n) is 1.96. The molecule has 1 aromatic carbocycles. The maximum atomic E-state index is 12.9. The maximum Gasteiger partial charge on any atom is 0.123 e. The van der Waals surface area contributed by atoms with Crippen molar-refractivity contribution in [3.63, 3.8) is 0 Å². The zero-order chi connectivity index (χ0) is 13.3. The van der Waals surface area contributed by atoms with Gasteiger partial charge in [-0.1, -0.05) is 6.92 Å². The average Bonchev–Trinajstić information content (AvgIpc) is 2.67. The smallest absolute Gasteiger partial charge is 0.123 e. The first-order valence-electron chi connectivity index (χ1n) is 5.60. The molecule has 0 aliphatic carbocycles. The number of carbonyl (C=O) groups is 1. The summed E-state index contributed by atoms with van der Waals surface area (Å²) in [7, 11) is 0. The highest BCUT2D eigenvalue weighted by atomic mass is 19.1. The highest BCUT2D eigenvalue weighted by molar-refractivity contribution is 5.88. The lowest BCUT2D eigenvalue weighted by atomic mass is 10.1. The Kier molecular flexibility index (Phi) is 3.14. The second kappa shape index (κ2) is 4.60. The zero-order valence-corrected chi connectivity index (χ0v) is 10.1. The molecule has 0 atom stereocenters. The first-order valence-corrected chi connectivity index (χ1v) is 5.60. The molecule has 2 rings (SSSR count). The number of aryl methyl sites for hydroxylation is 1. The van der Waals surface area contributed by atoms with E-state index in [0.29, 0.717) is 23.5 Å². The van der Waals surface area contributed by atoms with Crippen molar-refractivity contribution < 1.29 is 14.3 Å². The van der Waals surface area contributed by atoms with Gasteiger partial charge in [-0.2, -0.15) is 5.10 Å². The number of carbonyl (C=O) groups excluding carboxylic acids is 1. The molecule has 5 heteroatoms. The van der Waals surface area contributed by atoms with E-state index in [1.807, 2.05) is 6.92 Å². The van der Waals surface area contributed by atoms with Gasteiger partial charge in [-0.3, -0.25) is 0 Å². The molecule has 0 N–H and O–H groups in total. The van der Waals surface area contributed by atoms with Gasteiger partial charge in [0.2, 0.25) is 0 Å². The molecule has 2 aromatic rings. The van der Waals surface area contributed by atoms with Crippen LogP contribution < -0.4 is 5.11 Å². The molecular weight excluding hydrogens is 235 g/mol. The Morgan fingerprint density at radius 3 is 2.50 bits per heavy atom. The van der Waals surface area contributed by atoms with Crippen LogP contribution in [0, 0.1) is 12.7 Å². The van der Waals surface area contributed by atoms with Crippen molar-refractivity contribution >= 4 is 5.97 Å². The van der Waals surface area contributed by atoms with Crippen molar-refractivity contribution in [2.75, 3.05) is 0 Å². The van der Waals surface area contributed by atoms with Crippen LogP contribution in [0.3, 0.4) is 0 Å². The van der Waals surface area contributed by atoms with Gasteiger partial charge in [0.1, 0.15) is 5.82 Å². The van der Waals surface area contributed by atoms with E-state index >= 15 is 0 Å². The number of halogens is 1. The minimum Gasteiger partial charge on any atom is -0.545 e. The summed E-state index contributed by atoms with van der Waals surface area (Å²) in [5.41, 5.74) is 1.70. The highest BCUT2D eigenvalue weighted by Gasteiger charge is 2.15. The van der Waals surface area contributed by atoms with Gasteiger partial charge in [-0.25, -0.2) is 9.07 Å². The van der Waals surface area contributed by atoms with Crippen LogP contribution in [-0.2, 0) is 6.42 Å². The third-order valence-corrected chi connectivity index (χ3v) is 2.77. The number of hydrogen-bond donors (Lipinski definition) is 0. The van der Waals surface area contributed by atoms with Gasteiger partial charge < -0.3 is 9.90 Å². The monoisotopic (exact) mass is 247 g/mol. The minimum atomic E-state index is -1.24. The highest BCUT2D eigenvalue weighted by Crippen LogP contribution is 2.19. The third kappa shape index (κ3) is 1.99. The maximum absolute atomic E-state index is 12.9. The van der Waals surface area contributed by atoms with E-state index in [2.05, 4.69) is 5.10 Å². The summed E-state index contributed by atoms with van der Waals surface area (Å²) < 4.78 is 14.4. The topological polar surface area (TPSA) is 57.9 Å². The Bertz CT molecular complexity index is 588. The Morgan fingerprint density at radius 1 is 1.39 bits per heavy atom.